The number of hydrogen-bond donors (Lipinski definition) is 2. The van der Waals surface area contributed by atoms with Gasteiger partial charge in [-0.05, 0) is 29.8 Å². The minimum atomic E-state index is -0.589. The lowest BCUT2D eigenvalue weighted by Crippen LogP contribution is -2.48. The van der Waals surface area contributed by atoms with Gasteiger partial charge in [-0.2, -0.15) is 0 Å². The van der Waals surface area contributed by atoms with E-state index in [1.165, 1.54) is 0 Å². The summed E-state index contributed by atoms with van der Waals surface area (Å²) in [6.07, 6.45) is 3.62. The van der Waals surface area contributed by atoms with Crippen molar-refractivity contribution < 1.29 is 14.3 Å². The van der Waals surface area contributed by atoms with Crippen LogP contribution in [0.25, 0.3) is 10.9 Å². The largest absolute Gasteiger partial charge is 0.383 e. The fourth-order valence-electron chi connectivity index (χ4n) is 4.79. The second-order valence-electron chi connectivity index (χ2n) is 8.33. The molecular formula is C27H26N4O3. The number of pyridine rings is 1. The summed E-state index contributed by atoms with van der Waals surface area (Å²) in [5.41, 5.74) is 3.93. The molecule has 2 aromatic heterocycles. The lowest BCUT2D eigenvalue weighted by atomic mass is 9.79. The number of nitrogens with one attached hydrogen (secondary N) is 2. The van der Waals surface area contributed by atoms with Crippen molar-refractivity contribution in [2.75, 3.05) is 20.3 Å². The van der Waals surface area contributed by atoms with Gasteiger partial charge in [0.2, 0.25) is 5.91 Å². The van der Waals surface area contributed by atoms with E-state index in [2.05, 4.69) is 15.3 Å². The molecule has 2 amide bonds. The molecule has 7 heteroatoms. The lowest BCUT2D eigenvalue weighted by molar-refractivity contribution is -0.124. The number of nitrogens with zero attached hydrogens (tertiary/aromatic N) is 2. The summed E-state index contributed by atoms with van der Waals surface area (Å²) in [6.45, 7) is 1.05. The maximum absolute atomic E-state index is 13.8. The van der Waals surface area contributed by atoms with Crippen LogP contribution in [0.5, 0.6) is 0 Å². The first-order valence-electron chi connectivity index (χ1n) is 11.3. The van der Waals surface area contributed by atoms with Gasteiger partial charge in [0.05, 0.1) is 30.8 Å². The topological polar surface area (TPSA) is 87.3 Å². The molecule has 2 atom stereocenters. The molecule has 0 saturated heterocycles. The minimum Gasteiger partial charge on any atom is -0.383 e. The molecule has 7 nitrogen and oxygen atoms in total. The van der Waals surface area contributed by atoms with E-state index < -0.39 is 12.0 Å². The highest BCUT2D eigenvalue weighted by molar-refractivity contribution is 6.02. The molecule has 2 unspecified atom stereocenters. The van der Waals surface area contributed by atoms with E-state index in [9.17, 15) is 9.59 Å². The van der Waals surface area contributed by atoms with Crippen LogP contribution in [0.15, 0.2) is 79.1 Å². The molecule has 0 fully saturated rings. The van der Waals surface area contributed by atoms with Crippen LogP contribution < -0.4 is 5.32 Å². The molecule has 0 spiro atoms. The van der Waals surface area contributed by atoms with Crippen molar-refractivity contribution in [2.45, 2.75) is 18.5 Å². The Morgan fingerprint density at radius 3 is 2.68 bits per heavy atom. The third-order valence-corrected chi connectivity index (χ3v) is 6.37. The van der Waals surface area contributed by atoms with E-state index >= 15 is 0 Å². The Labute approximate surface area is 197 Å². The third-order valence-electron chi connectivity index (χ3n) is 6.37. The first-order chi connectivity index (χ1) is 16.7. The van der Waals surface area contributed by atoms with E-state index in [0.29, 0.717) is 25.3 Å². The Bertz CT molecular complexity index is 1320. The number of amides is 2. The maximum Gasteiger partial charge on any atom is 0.254 e. The van der Waals surface area contributed by atoms with Crippen LogP contribution in [0.4, 0.5) is 0 Å². The molecular weight excluding hydrogens is 428 g/mol. The van der Waals surface area contributed by atoms with Crippen molar-refractivity contribution in [3.63, 3.8) is 0 Å². The van der Waals surface area contributed by atoms with Crippen molar-refractivity contribution in [1.82, 2.24) is 20.2 Å². The standard InChI is InChI=1S/C27H26N4O3/c1-34-15-14-31-25(22-17-29-23-12-5-4-9-19(22)23)24(20-10-2-3-11-21(20)27(31)33)26(32)30-16-18-8-6-7-13-28-18/h2-13,17,24-25,29H,14-16H2,1H3,(H,30,32). The van der Waals surface area contributed by atoms with Gasteiger partial charge in [-0.3, -0.25) is 14.6 Å². The van der Waals surface area contributed by atoms with Gasteiger partial charge >= 0.3 is 0 Å². The van der Waals surface area contributed by atoms with Gasteiger partial charge in [0.25, 0.3) is 5.91 Å². The molecule has 0 radical (unpaired) electrons. The van der Waals surface area contributed by atoms with Crippen LogP contribution in [0.2, 0.25) is 0 Å². The van der Waals surface area contributed by atoms with Crippen LogP contribution in [-0.2, 0) is 16.1 Å². The molecule has 34 heavy (non-hydrogen) atoms. The summed E-state index contributed by atoms with van der Waals surface area (Å²) >= 11 is 0. The fraction of sp³-hybridized carbons (Fsp3) is 0.222. The van der Waals surface area contributed by atoms with E-state index in [4.69, 9.17) is 4.74 Å². The Kier molecular flexibility index (Phi) is 6.10. The molecule has 2 aromatic carbocycles. The first kappa shape index (κ1) is 21.9. The zero-order valence-corrected chi connectivity index (χ0v) is 18.9. The lowest BCUT2D eigenvalue weighted by Gasteiger charge is -2.41. The van der Waals surface area contributed by atoms with Crippen LogP contribution in [-0.4, -0.2) is 46.9 Å². The fourth-order valence-corrected chi connectivity index (χ4v) is 4.79. The molecule has 1 aliphatic rings. The van der Waals surface area contributed by atoms with E-state index in [-0.39, 0.29) is 11.8 Å². The van der Waals surface area contributed by atoms with E-state index in [1.807, 2.05) is 66.9 Å². The zero-order valence-electron chi connectivity index (χ0n) is 18.9. The number of ether oxygens (including phenoxy) is 1. The van der Waals surface area contributed by atoms with Crippen molar-refractivity contribution >= 4 is 22.7 Å². The summed E-state index contributed by atoms with van der Waals surface area (Å²) in [5.74, 6) is -0.839. The number of methoxy groups -OCH3 is 1. The highest BCUT2D eigenvalue weighted by Crippen LogP contribution is 2.44. The average molecular weight is 455 g/mol. The van der Waals surface area contributed by atoms with Crippen molar-refractivity contribution in [2.24, 2.45) is 0 Å². The SMILES string of the molecule is COCCN1C(=O)c2ccccc2C(C(=O)NCc2ccccn2)C1c1c[nH]c2ccccc12. The van der Waals surface area contributed by atoms with E-state index in [0.717, 1.165) is 27.7 Å². The van der Waals surface area contributed by atoms with Crippen LogP contribution in [0.1, 0.15) is 39.1 Å². The van der Waals surface area contributed by atoms with Crippen LogP contribution in [0.3, 0.4) is 0 Å². The number of hydrogen-bond acceptors (Lipinski definition) is 4. The number of carbonyl (C=O) groups excluding carboxylic acids is 2. The molecule has 1 aliphatic heterocycles. The predicted octanol–water partition coefficient (Wildman–Crippen LogP) is 3.81. The van der Waals surface area contributed by atoms with Gasteiger partial charge in [0, 0.05) is 48.1 Å². The number of aromatic amines is 1. The number of fused-ring (bicyclic) bond motifs is 2. The normalized spacial score (nSPS) is 17.6. The van der Waals surface area contributed by atoms with Crippen molar-refractivity contribution in [3.8, 4) is 0 Å². The van der Waals surface area contributed by atoms with Crippen molar-refractivity contribution in [3.05, 3.63) is 102 Å². The number of rotatable bonds is 7. The Morgan fingerprint density at radius 1 is 1.06 bits per heavy atom. The maximum atomic E-state index is 13.8. The number of aromatic nitrogens is 2. The highest BCUT2D eigenvalue weighted by atomic mass is 16.5. The molecule has 172 valence electrons. The number of carbonyl (C=O) groups is 2. The molecule has 5 rings (SSSR count). The van der Waals surface area contributed by atoms with Crippen LogP contribution in [0, 0.1) is 0 Å². The van der Waals surface area contributed by atoms with Crippen LogP contribution >= 0.6 is 0 Å². The Morgan fingerprint density at radius 2 is 1.85 bits per heavy atom. The molecule has 0 aliphatic carbocycles. The Balaban J connectivity index is 1.61. The highest BCUT2D eigenvalue weighted by Gasteiger charge is 2.44. The summed E-state index contributed by atoms with van der Waals surface area (Å²) in [6, 6.07) is 20.4. The second-order valence-corrected chi connectivity index (χ2v) is 8.33. The van der Waals surface area contributed by atoms with Gasteiger partial charge in [-0.25, -0.2) is 0 Å². The molecule has 0 saturated carbocycles. The average Bonchev–Trinajstić information content (AvgIpc) is 3.31. The summed E-state index contributed by atoms with van der Waals surface area (Å²) in [5, 5.41) is 4.05. The summed E-state index contributed by atoms with van der Waals surface area (Å²) in [4.78, 5) is 36.8. The molecule has 3 heterocycles. The predicted molar refractivity (Wildman–Crippen MR) is 129 cm³/mol. The van der Waals surface area contributed by atoms with Gasteiger partial charge in [0.15, 0.2) is 0 Å². The van der Waals surface area contributed by atoms with Crippen molar-refractivity contribution in [1.29, 1.82) is 0 Å². The minimum absolute atomic E-state index is 0.100. The number of H-pyrrole nitrogens is 1. The summed E-state index contributed by atoms with van der Waals surface area (Å²) in [7, 11) is 1.61. The first-order valence-corrected chi connectivity index (χ1v) is 11.3. The number of benzene rings is 2. The van der Waals surface area contributed by atoms with Gasteiger partial charge in [-0.1, -0.05) is 42.5 Å². The monoisotopic (exact) mass is 454 g/mol. The quantitative estimate of drug-likeness (QED) is 0.445. The third kappa shape index (κ3) is 3.95. The smallest absolute Gasteiger partial charge is 0.254 e. The van der Waals surface area contributed by atoms with E-state index in [1.54, 1.807) is 24.3 Å². The van der Waals surface area contributed by atoms with Gasteiger partial charge in [0.1, 0.15) is 0 Å². The molecule has 2 N–H and O–H groups in total. The zero-order chi connectivity index (χ0) is 23.5. The van der Waals surface area contributed by atoms with Gasteiger partial charge < -0.3 is 19.9 Å². The van der Waals surface area contributed by atoms with Gasteiger partial charge in [-0.15, -0.1) is 0 Å². The Hall–Kier alpha value is -3.97. The second kappa shape index (κ2) is 9.49. The molecule has 4 aromatic rings. The number of para-hydroxylation sites is 1. The summed E-state index contributed by atoms with van der Waals surface area (Å²) < 4.78 is 5.32. The molecule has 0 bridgehead atoms.